The fourth-order valence-electron chi connectivity index (χ4n) is 5.77. The number of ether oxygens (including phenoxy) is 1. The van der Waals surface area contributed by atoms with Crippen LogP contribution in [0.3, 0.4) is 0 Å². The van der Waals surface area contributed by atoms with E-state index in [4.69, 9.17) is 22.1 Å². The third-order valence-electron chi connectivity index (χ3n) is 7.67. The van der Waals surface area contributed by atoms with Crippen LogP contribution in [0.1, 0.15) is 31.4 Å². The highest BCUT2D eigenvalue weighted by molar-refractivity contribution is 6.32. The lowest BCUT2D eigenvalue weighted by atomic mass is 9.88. The van der Waals surface area contributed by atoms with Crippen LogP contribution in [0.2, 0.25) is 5.02 Å². The lowest BCUT2D eigenvalue weighted by Crippen LogP contribution is -2.41. The molecule has 4 atom stereocenters. The number of amides is 1. The number of hydrogen-bond acceptors (Lipinski definition) is 7. The Morgan fingerprint density at radius 1 is 1.20 bits per heavy atom. The SMILES string of the molecule is COc1cc2c(cc1Nc1ncc(Cl)c(N[C@H]3[C@@H](C(N)=O)[C@@H]4C=C[C@H]3C4)n1)CCN(C(C)C)CC2. The molecule has 0 radical (unpaired) electrons. The number of nitrogens with two attached hydrogens (primary N) is 1. The van der Waals surface area contributed by atoms with E-state index < -0.39 is 0 Å². The molecule has 4 N–H and O–H groups in total. The van der Waals surface area contributed by atoms with E-state index in [-0.39, 0.29) is 29.7 Å². The van der Waals surface area contributed by atoms with Crippen LogP contribution in [0.15, 0.2) is 30.5 Å². The Bertz CT molecular complexity index is 1150. The van der Waals surface area contributed by atoms with Gasteiger partial charge in [-0.3, -0.25) is 4.79 Å². The van der Waals surface area contributed by atoms with E-state index in [9.17, 15) is 4.79 Å². The van der Waals surface area contributed by atoms with Crippen LogP contribution in [0.25, 0.3) is 0 Å². The Hall–Kier alpha value is -2.84. The zero-order valence-corrected chi connectivity index (χ0v) is 21.2. The van der Waals surface area contributed by atoms with Crippen molar-refractivity contribution in [3.05, 3.63) is 46.6 Å². The molecule has 9 heteroatoms. The van der Waals surface area contributed by atoms with Gasteiger partial charge in [0.25, 0.3) is 0 Å². The number of aromatic nitrogens is 2. The maximum absolute atomic E-state index is 12.1. The van der Waals surface area contributed by atoms with Crippen LogP contribution >= 0.6 is 11.6 Å². The second kappa shape index (κ2) is 9.66. The van der Waals surface area contributed by atoms with E-state index in [0.717, 1.165) is 43.8 Å². The van der Waals surface area contributed by atoms with Crippen molar-refractivity contribution in [1.29, 1.82) is 0 Å². The van der Waals surface area contributed by atoms with Gasteiger partial charge in [0.1, 0.15) is 10.8 Å². The average Bonchev–Trinajstić information content (AvgIpc) is 3.36. The molecule has 1 aromatic carbocycles. The fraction of sp³-hybridized carbons (Fsp3) is 0.500. The number of hydrogen-bond donors (Lipinski definition) is 3. The number of benzene rings is 1. The van der Waals surface area contributed by atoms with E-state index in [2.05, 4.69) is 63.6 Å². The number of carbonyl (C=O) groups excluding carboxylic acids is 1. The molecule has 3 aliphatic rings. The topological polar surface area (TPSA) is 105 Å². The highest BCUT2D eigenvalue weighted by Gasteiger charge is 2.47. The molecular weight excluding hydrogens is 464 g/mol. The number of nitrogens with one attached hydrogen (secondary N) is 2. The molecule has 1 fully saturated rings. The second-order valence-electron chi connectivity index (χ2n) is 10.0. The highest BCUT2D eigenvalue weighted by atomic mass is 35.5. The number of rotatable bonds is 7. The maximum Gasteiger partial charge on any atom is 0.229 e. The van der Waals surface area contributed by atoms with Crippen molar-refractivity contribution in [2.45, 2.75) is 45.2 Å². The van der Waals surface area contributed by atoms with Crippen LogP contribution in [0.4, 0.5) is 17.5 Å². The first-order valence-corrected chi connectivity index (χ1v) is 12.7. The van der Waals surface area contributed by atoms with Crippen LogP contribution < -0.4 is 21.1 Å². The molecule has 8 nitrogen and oxygen atoms in total. The fourth-order valence-corrected chi connectivity index (χ4v) is 5.91. The summed E-state index contributed by atoms with van der Waals surface area (Å²) in [7, 11) is 1.67. The van der Waals surface area contributed by atoms with Crippen LogP contribution in [0.5, 0.6) is 5.75 Å². The summed E-state index contributed by atoms with van der Waals surface area (Å²) < 4.78 is 5.70. The third-order valence-corrected chi connectivity index (χ3v) is 7.95. The Kier molecular flexibility index (Phi) is 6.59. The first kappa shape index (κ1) is 23.9. The normalized spacial score (nSPS) is 25.4. The van der Waals surface area contributed by atoms with Gasteiger partial charge in [0.05, 0.1) is 24.9 Å². The quantitative estimate of drug-likeness (QED) is 0.501. The zero-order valence-electron chi connectivity index (χ0n) is 20.4. The average molecular weight is 497 g/mol. The van der Waals surface area contributed by atoms with Gasteiger partial charge >= 0.3 is 0 Å². The molecule has 0 unspecified atom stereocenters. The summed E-state index contributed by atoms with van der Waals surface area (Å²) in [4.78, 5) is 23.6. The molecule has 0 saturated heterocycles. The molecule has 1 saturated carbocycles. The monoisotopic (exact) mass is 496 g/mol. The molecule has 2 aromatic rings. The number of methoxy groups -OCH3 is 1. The molecule has 5 rings (SSSR count). The molecule has 35 heavy (non-hydrogen) atoms. The molecule has 1 aromatic heterocycles. The van der Waals surface area contributed by atoms with E-state index >= 15 is 0 Å². The lowest BCUT2D eigenvalue weighted by molar-refractivity contribution is -0.122. The summed E-state index contributed by atoms with van der Waals surface area (Å²) in [5.74, 6) is 1.47. The Labute approximate surface area is 211 Å². The van der Waals surface area contributed by atoms with Gasteiger partial charge in [-0.05, 0) is 68.2 Å². The highest BCUT2D eigenvalue weighted by Crippen LogP contribution is 2.45. The van der Waals surface area contributed by atoms with Gasteiger partial charge in [-0.1, -0.05) is 23.8 Å². The van der Waals surface area contributed by atoms with Crippen molar-refractivity contribution < 1.29 is 9.53 Å². The Balaban J connectivity index is 1.38. The molecule has 1 amide bonds. The summed E-state index contributed by atoms with van der Waals surface area (Å²) in [5, 5.41) is 7.11. The van der Waals surface area contributed by atoms with Crippen LogP contribution in [0, 0.1) is 17.8 Å². The Morgan fingerprint density at radius 2 is 1.91 bits per heavy atom. The predicted octanol–water partition coefficient (Wildman–Crippen LogP) is 3.78. The van der Waals surface area contributed by atoms with Gasteiger partial charge in [-0.2, -0.15) is 4.98 Å². The number of anilines is 3. The van der Waals surface area contributed by atoms with Gasteiger partial charge in [0.15, 0.2) is 5.82 Å². The van der Waals surface area contributed by atoms with E-state index in [1.165, 1.54) is 11.1 Å². The summed E-state index contributed by atoms with van der Waals surface area (Å²) >= 11 is 6.44. The zero-order chi connectivity index (χ0) is 24.7. The minimum atomic E-state index is -0.298. The minimum Gasteiger partial charge on any atom is -0.495 e. The summed E-state index contributed by atoms with van der Waals surface area (Å²) in [5.41, 5.74) is 9.15. The number of allylic oxidation sites excluding steroid dienone is 1. The van der Waals surface area contributed by atoms with Gasteiger partial charge in [-0.15, -0.1) is 0 Å². The van der Waals surface area contributed by atoms with Crippen molar-refractivity contribution in [3.8, 4) is 5.75 Å². The number of carbonyl (C=O) groups is 1. The smallest absolute Gasteiger partial charge is 0.229 e. The summed E-state index contributed by atoms with van der Waals surface area (Å²) in [6.45, 7) is 6.55. The first-order valence-electron chi connectivity index (χ1n) is 12.3. The van der Waals surface area contributed by atoms with Crippen molar-refractivity contribution in [2.75, 3.05) is 30.8 Å². The van der Waals surface area contributed by atoms with Crippen LogP contribution in [-0.4, -0.2) is 53.1 Å². The molecule has 2 heterocycles. The molecular formula is C26H33ClN6O2. The Morgan fingerprint density at radius 3 is 2.60 bits per heavy atom. The molecule has 2 bridgehead atoms. The standard InChI is InChI=1S/C26H33ClN6O2/c1-14(2)33-8-6-15-11-20(21(35-3)12-16(15)7-9-33)30-26-29-13-19(27)25(32-26)31-23-18-5-4-17(10-18)22(23)24(28)34/h4-5,11-14,17-18,22-23H,6-10H2,1-3H3,(H2,28,34)(H2,29,30,31,32)/t17-,18+,22+,23-/m1/s1. The van der Waals surface area contributed by atoms with Gasteiger partial charge in [0, 0.05) is 25.2 Å². The third kappa shape index (κ3) is 4.69. The second-order valence-corrected chi connectivity index (χ2v) is 10.4. The number of halogens is 1. The first-order chi connectivity index (χ1) is 16.8. The van der Waals surface area contributed by atoms with E-state index in [1.807, 2.05) is 0 Å². The van der Waals surface area contributed by atoms with Crippen molar-refractivity contribution in [2.24, 2.45) is 23.5 Å². The summed E-state index contributed by atoms with van der Waals surface area (Å²) in [6.07, 6.45) is 8.70. The number of fused-ring (bicyclic) bond motifs is 3. The van der Waals surface area contributed by atoms with Crippen LogP contribution in [-0.2, 0) is 17.6 Å². The van der Waals surface area contributed by atoms with Gasteiger partial charge in [0.2, 0.25) is 11.9 Å². The van der Waals surface area contributed by atoms with Gasteiger partial charge in [-0.25, -0.2) is 4.98 Å². The number of primary amides is 1. The van der Waals surface area contributed by atoms with Crippen molar-refractivity contribution >= 4 is 35.0 Å². The lowest BCUT2D eigenvalue weighted by Gasteiger charge is -2.27. The summed E-state index contributed by atoms with van der Waals surface area (Å²) in [6, 6.07) is 4.66. The molecule has 0 spiro atoms. The van der Waals surface area contributed by atoms with Crippen molar-refractivity contribution in [3.63, 3.8) is 0 Å². The molecule has 2 aliphatic carbocycles. The minimum absolute atomic E-state index is 0.131. The molecule has 186 valence electrons. The molecule has 1 aliphatic heterocycles. The van der Waals surface area contributed by atoms with Crippen molar-refractivity contribution in [1.82, 2.24) is 14.9 Å². The maximum atomic E-state index is 12.1. The predicted molar refractivity (Wildman–Crippen MR) is 138 cm³/mol. The largest absolute Gasteiger partial charge is 0.495 e. The van der Waals surface area contributed by atoms with Gasteiger partial charge < -0.3 is 26.0 Å². The van der Waals surface area contributed by atoms with E-state index in [0.29, 0.717) is 22.8 Å². The number of nitrogens with zero attached hydrogens (tertiary/aromatic N) is 3. The van der Waals surface area contributed by atoms with E-state index in [1.54, 1.807) is 13.3 Å².